The molecule has 1 aliphatic rings. The second-order valence-electron chi connectivity index (χ2n) is 4.49. The minimum Gasteiger partial charge on any atom is -0.359 e. The maximum Gasteiger partial charge on any atom is 0.183 e. The number of nitrogens with one attached hydrogen (secondary N) is 1. The highest BCUT2D eigenvalue weighted by Gasteiger charge is 2.22. The molecule has 2 atom stereocenters. The number of nitrogens with zero attached hydrogens (tertiary/aromatic N) is 2. The zero-order valence-corrected chi connectivity index (χ0v) is 10.5. The predicted octanol–water partition coefficient (Wildman–Crippen LogP) is 2.35. The van der Waals surface area contributed by atoms with E-state index in [-0.39, 0.29) is 0 Å². The molecule has 15 heavy (non-hydrogen) atoms. The largest absolute Gasteiger partial charge is 0.359 e. The first-order chi connectivity index (χ1) is 7.15. The Bertz CT molecular complexity index is 323. The summed E-state index contributed by atoms with van der Waals surface area (Å²) in [5.74, 6) is 0. The fraction of sp³-hybridized carbons (Fsp3) is 0.727. The fourth-order valence-corrected chi connectivity index (χ4v) is 2.78. The van der Waals surface area contributed by atoms with Gasteiger partial charge in [0.25, 0.3) is 0 Å². The van der Waals surface area contributed by atoms with Crippen LogP contribution in [0.2, 0.25) is 0 Å². The van der Waals surface area contributed by atoms with Crippen molar-refractivity contribution in [2.45, 2.75) is 38.8 Å². The smallest absolute Gasteiger partial charge is 0.183 e. The maximum absolute atomic E-state index is 4.44. The summed E-state index contributed by atoms with van der Waals surface area (Å²) >= 11 is 1.71. The van der Waals surface area contributed by atoms with E-state index in [0.717, 1.165) is 10.8 Å². The number of aromatic nitrogens is 1. The van der Waals surface area contributed by atoms with Crippen LogP contribution in [0.1, 0.15) is 25.5 Å². The first kappa shape index (κ1) is 10.9. The minimum atomic E-state index is 0.599. The molecule has 0 aliphatic carbocycles. The molecule has 0 radical (unpaired) electrons. The molecular weight excluding hydrogens is 206 g/mol. The van der Waals surface area contributed by atoms with Gasteiger partial charge >= 0.3 is 0 Å². The quantitative estimate of drug-likeness (QED) is 0.837. The van der Waals surface area contributed by atoms with Gasteiger partial charge in [0, 0.05) is 24.0 Å². The molecule has 0 saturated carbocycles. The Morgan fingerprint density at radius 1 is 1.60 bits per heavy atom. The molecule has 84 valence electrons. The van der Waals surface area contributed by atoms with E-state index >= 15 is 0 Å². The standard InChI is InChI=1S/C11H19N3S/c1-8-7-15-11(12-8)13-10-4-5-14(3)9(2)6-10/h7,9-10H,4-6H2,1-3H3,(H,12,13). The lowest BCUT2D eigenvalue weighted by molar-refractivity contribution is 0.190. The lowest BCUT2D eigenvalue weighted by atomic mass is 9.99. The van der Waals surface area contributed by atoms with Crippen LogP contribution in [0.4, 0.5) is 5.13 Å². The van der Waals surface area contributed by atoms with Gasteiger partial charge in [-0.15, -0.1) is 11.3 Å². The van der Waals surface area contributed by atoms with Gasteiger partial charge in [-0.25, -0.2) is 4.98 Å². The third-order valence-electron chi connectivity index (χ3n) is 3.15. The van der Waals surface area contributed by atoms with Crippen molar-refractivity contribution in [3.8, 4) is 0 Å². The van der Waals surface area contributed by atoms with Crippen LogP contribution in [0, 0.1) is 6.92 Å². The van der Waals surface area contributed by atoms with Gasteiger partial charge in [0.15, 0.2) is 5.13 Å². The number of anilines is 1. The van der Waals surface area contributed by atoms with E-state index in [1.807, 2.05) is 6.92 Å². The average molecular weight is 225 g/mol. The van der Waals surface area contributed by atoms with E-state index in [9.17, 15) is 0 Å². The van der Waals surface area contributed by atoms with Crippen LogP contribution in [-0.2, 0) is 0 Å². The first-order valence-corrected chi connectivity index (χ1v) is 6.42. The molecule has 1 saturated heterocycles. The monoisotopic (exact) mass is 225 g/mol. The fourth-order valence-electron chi connectivity index (χ4n) is 2.02. The Kier molecular flexibility index (Phi) is 3.26. The summed E-state index contributed by atoms with van der Waals surface area (Å²) < 4.78 is 0. The van der Waals surface area contributed by atoms with Crippen LogP contribution < -0.4 is 5.32 Å². The van der Waals surface area contributed by atoms with Crippen molar-refractivity contribution in [2.24, 2.45) is 0 Å². The molecule has 4 heteroatoms. The van der Waals surface area contributed by atoms with Crippen molar-refractivity contribution >= 4 is 16.5 Å². The highest BCUT2D eigenvalue weighted by molar-refractivity contribution is 7.13. The van der Waals surface area contributed by atoms with Gasteiger partial charge in [0.2, 0.25) is 0 Å². The lowest BCUT2D eigenvalue weighted by Gasteiger charge is -2.35. The van der Waals surface area contributed by atoms with E-state index in [2.05, 4.69) is 34.6 Å². The van der Waals surface area contributed by atoms with E-state index in [4.69, 9.17) is 0 Å². The Morgan fingerprint density at radius 3 is 3.00 bits per heavy atom. The first-order valence-electron chi connectivity index (χ1n) is 5.54. The molecule has 2 heterocycles. The van der Waals surface area contributed by atoms with Crippen LogP contribution in [-0.4, -0.2) is 35.6 Å². The van der Waals surface area contributed by atoms with Crippen LogP contribution in [0.15, 0.2) is 5.38 Å². The van der Waals surface area contributed by atoms with Crippen molar-refractivity contribution in [1.29, 1.82) is 0 Å². The van der Waals surface area contributed by atoms with E-state index in [0.29, 0.717) is 12.1 Å². The van der Waals surface area contributed by atoms with Gasteiger partial charge in [-0.05, 0) is 33.7 Å². The van der Waals surface area contributed by atoms with Crippen LogP contribution in [0.25, 0.3) is 0 Å². The maximum atomic E-state index is 4.44. The number of hydrogen-bond acceptors (Lipinski definition) is 4. The molecule has 1 aromatic heterocycles. The van der Waals surface area contributed by atoms with Gasteiger partial charge in [0.1, 0.15) is 0 Å². The normalized spacial score (nSPS) is 27.9. The van der Waals surface area contributed by atoms with E-state index in [1.165, 1.54) is 19.4 Å². The third kappa shape index (κ3) is 2.69. The molecule has 1 fully saturated rings. The Balaban J connectivity index is 1.90. The minimum absolute atomic E-state index is 0.599. The number of thiazole rings is 1. The Hall–Kier alpha value is -0.610. The van der Waals surface area contributed by atoms with Gasteiger partial charge in [-0.2, -0.15) is 0 Å². The number of likely N-dealkylation sites (tertiary alicyclic amines) is 1. The molecule has 1 aromatic rings. The summed E-state index contributed by atoms with van der Waals surface area (Å²) in [4.78, 5) is 6.86. The van der Waals surface area contributed by atoms with Gasteiger partial charge in [-0.3, -0.25) is 0 Å². The molecule has 2 unspecified atom stereocenters. The van der Waals surface area contributed by atoms with Crippen molar-refractivity contribution in [1.82, 2.24) is 9.88 Å². The topological polar surface area (TPSA) is 28.2 Å². The van der Waals surface area contributed by atoms with Gasteiger partial charge in [-0.1, -0.05) is 0 Å². The lowest BCUT2D eigenvalue weighted by Crippen LogP contribution is -2.42. The average Bonchev–Trinajstić information content (AvgIpc) is 2.58. The number of rotatable bonds is 2. The third-order valence-corrected chi connectivity index (χ3v) is 4.05. The molecule has 1 aliphatic heterocycles. The Morgan fingerprint density at radius 2 is 2.40 bits per heavy atom. The van der Waals surface area contributed by atoms with Crippen molar-refractivity contribution in [2.75, 3.05) is 18.9 Å². The van der Waals surface area contributed by atoms with Crippen molar-refractivity contribution in [3.05, 3.63) is 11.1 Å². The zero-order valence-electron chi connectivity index (χ0n) is 9.66. The number of hydrogen-bond donors (Lipinski definition) is 1. The second-order valence-corrected chi connectivity index (χ2v) is 5.35. The predicted molar refractivity (Wildman–Crippen MR) is 65.6 cm³/mol. The van der Waals surface area contributed by atoms with Crippen LogP contribution in [0.3, 0.4) is 0 Å². The summed E-state index contributed by atoms with van der Waals surface area (Å²) in [6.45, 7) is 5.52. The van der Waals surface area contributed by atoms with E-state index in [1.54, 1.807) is 11.3 Å². The van der Waals surface area contributed by atoms with E-state index < -0.39 is 0 Å². The highest BCUT2D eigenvalue weighted by Crippen LogP contribution is 2.22. The van der Waals surface area contributed by atoms with Gasteiger partial charge < -0.3 is 10.2 Å². The number of aryl methyl sites for hydroxylation is 1. The van der Waals surface area contributed by atoms with Crippen molar-refractivity contribution in [3.63, 3.8) is 0 Å². The molecule has 0 aromatic carbocycles. The SMILES string of the molecule is Cc1csc(NC2CCN(C)C(C)C2)n1. The molecule has 2 rings (SSSR count). The van der Waals surface area contributed by atoms with Crippen molar-refractivity contribution < 1.29 is 0 Å². The molecule has 0 amide bonds. The highest BCUT2D eigenvalue weighted by atomic mass is 32.1. The summed E-state index contributed by atoms with van der Waals surface area (Å²) in [7, 11) is 2.20. The molecule has 0 spiro atoms. The molecular formula is C11H19N3S. The molecule has 3 nitrogen and oxygen atoms in total. The molecule has 0 bridgehead atoms. The summed E-state index contributed by atoms with van der Waals surface area (Å²) in [6, 6.07) is 1.28. The Labute approximate surface area is 95.5 Å². The van der Waals surface area contributed by atoms with Crippen LogP contribution in [0.5, 0.6) is 0 Å². The van der Waals surface area contributed by atoms with Gasteiger partial charge in [0.05, 0.1) is 5.69 Å². The summed E-state index contributed by atoms with van der Waals surface area (Å²) in [5.41, 5.74) is 1.11. The molecule has 1 N–H and O–H groups in total. The second kappa shape index (κ2) is 4.49. The summed E-state index contributed by atoms with van der Waals surface area (Å²) in [6.07, 6.45) is 2.44. The summed E-state index contributed by atoms with van der Waals surface area (Å²) in [5, 5.41) is 6.71. The van der Waals surface area contributed by atoms with Crippen LogP contribution >= 0.6 is 11.3 Å². The number of piperidine rings is 1. The zero-order chi connectivity index (χ0) is 10.8.